The number of benzene rings is 1. The molecular weight excluding hydrogens is 366 g/mol. The van der Waals surface area contributed by atoms with E-state index in [1.165, 1.54) is 13.1 Å². The first-order chi connectivity index (χ1) is 13.4. The van der Waals surface area contributed by atoms with Gasteiger partial charge in [-0.05, 0) is 31.5 Å². The summed E-state index contributed by atoms with van der Waals surface area (Å²) in [4.78, 5) is 60.4. The number of rotatable bonds is 9. The molecule has 9 heteroatoms. The zero-order valence-corrected chi connectivity index (χ0v) is 15.6. The van der Waals surface area contributed by atoms with E-state index < -0.39 is 29.7 Å². The summed E-state index contributed by atoms with van der Waals surface area (Å²) >= 11 is 0. The van der Waals surface area contributed by atoms with Gasteiger partial charge in [0.25, 0.3) is 11.8 Å². The van der Waals surface area contributed by atoms with Crippen LogP contribution in [0.25, 0.3) is 0 Å². The number of aldehydes is 1. The summed E-state index contributed by atoms with van der Waals surface area (Å²) in [6.45, 7) is 1.92. The Kier molecular flexibility index (Phi) is 7.02. The zero-order chi connectivity index (χ0) is 20.7. The summed E-state index contributed by atoms with van der Waals surface area (Å²) in [6.07, 6.45) is 1.75. The van der Waals surface area contributed by atoms with Crippen LogP contribution in [-0.4, -0.2) is 54.6 Å². The first kappa shape index (κ1) is 20.8. The number of ether oxygens (including phenoxy) is 1. The second-order valence-electron chi connectivity index (χ2n) is 5.87. The number of hydrogen-bond acceptors (Lipinski definition) is 7. The number of nitrogens with zero attached hydrogens (tertiary/aromatic N) is 1. The summed E-state index contributed by atoms with van der Waals surface area (Å²) in [5.41, 5.74) is 0.658. The van der Waals surface area contributed by atoms with E-state index in [0.29, 0.717) is 12.0 Å². The molecule has 2 rings (SSSR count). The van der Waals surface area contributed by atoms with E-state index in [4.69, 9.17) is 4.74 Å². The molecule has 1 aromatic carbocycles. The van der Waals surface area contributed by atoms with Crippen LogP contribution in [-0.2, 0) is 23.9 Å². The minimum absolute atomic E-state index is 0.0273. The molecule has 0 saturated heterocycles. The fourth-order valence-electron chi connectivity index (χ4n) is 2.73. The summed E-state index contributed by atoms with van der Waals surface area (Å²) in [7, 11) is 1.38. The van der Waals surface area contributed by atoms with Crippen molar-refractivity contribution < 1.29 is 28.7 Å². The molecule has 9 nitrogen and oxygen atoms in total. The van der Waals surface area contributed by atoms with E-state index in [0.717, 1.165) is 11.0 Å². The van der Waals surface area contributed by atoms with E-state index in [9.17, 15) is 24.0 Å². The Hall–Kier alpha value is -3.49. The lowest BCUT2D eigenvalue weighted by Crippen LogP contribution is -2.49. The maximum Gasteiger partial charge on any atom is 0.338 e. The molecule has 0 spiro atoms. The summed E-state index contributed by atoms with van der Waals surface area (Å²) < 4.78 is 4.93. The predicted octanol–water partition coefficient (Wildman–Crippen LogP) is 0.622. The number of hydrogen-bond donors (Lipinski definition) is 2. The van der Waals surface area contributed by atoms with Gasteiger partial charge in [-0.25, -0.2) is 4.79 Å². The maximum atomic E-state index is 12.7. The van der Waals surface area contributed by atoms with Crippen molar-refractivity contribution >= 4 is 35.7 Å². The third-order valence-electron chi connectivity index (χ3n) is 4.03. The van der Waals surface area contributed by atoms with Gasteiger partial charge in [-0.2, -0.15) is 0 Å². The fraction of sp³-hybridized carbons (Fsp3) is 0.316. The highest BCUT2D eigenvalue weighted by Crippen LogP contribution is 2.22. The Morgan fingerprint density at radius 3 is 2.68 bits per heavy atom. The van der Waals surface area contributed by atoms with E-state index in [2.05, 4.69) is 10.6 Å². The number of anilines is 1. The second kappa shape index (κ2) is 9.45. The molecule has 0 fully saturated rings. The molecule has 0 bridgehead atoms. The van der Waals surface area contributed by atoms with Crippen molar-refractivity contribution in [1.82, 2.24) is 10.2 Å². The van der Waals surface area contributed by atoms with Gasteiger partial charge in [-0.1, -0.05) is 6.07 Å². The van der Waals surface area contributed by atoms with Gasteiger partial charge in [0, 0.05) is 25.2 Å². The zero-order valence-electron chi connectivity index (χ0n) is 15.6. The van der Waals surface area contributed by atoms with Crippen LogP contribution in [0.2, 0.25) is 0 Å². The highest BCUT2D eigenvalue weighted by molar-refractivity contribution is 6.19. The third-order valence-corrected chi connectivity index (χ3v) is 4.03. The highest BCUT2D eigenvalue weighted by atomic mass is 16.5. The van der Waals surface area contributed by atoms with E-state index >= 15 is 0 Å². The number of esters is 1. The number of imide groups is 1. The topological polar surface area (TPSA) is 122 Å². The van der Waals surface area contributed by atoms with Gasteiger partial charge in [0.2, 0.25) is 5.91 Å². The Balaban J connectivity index is 2.19. The number of amides is 3. The molecular formula is C19H21N3O6. The Labute approximate surface area is 161 Å². The van der Waals surface area contributed by atoms with Crippen LogP contribution in [0.15, 0.2) is 36.0 Å². The molecule has 1 unspecified atom stereocenters. The molecule has 0 radical (unpaired) electrons. The fourth-order valence-corrected chi connectivity index (χ4v) is 2.73. The van der Waals surface area contributed by atoms with Gasteiger partial charge in [0.1, 0.15) is 18.0 Å². The van der Waals surface area contributed by atoms with Crippen molar-refractivity contribution in [2.75, 3.05) is 19.0 Å². The lowest BCUT2D eigenvalue weighted by molar-refractivity contribution is -0.146. The van der Waals surface area contributed by atoms with Gasteiger partial charge in [-0.3, -0.25) is 19.3 Å². The van der Waals surface area contributed by atoms with Crippen LogP contribution in [0.1, 0.15) is 30.1 Å². The van der Waals surface area contributed by atoms with Crippen molar-refractivity contribution in [2.45, 2.75) is 25.8 Å². The highest BCUT2D eigenvalue weighted by Gasteiger charge is 2.39. The van der Waals surface area contributed by atoms with Crippen LogP contribution in [0.4, 0.5) is 5.69 Å². The van der Waals surface area contributed by atoms with Gasteiger partial charge < -0.3 is 20.2 Å². The standard InChI is InChI=1S/C19H21N3O6/c1-3-28-19(27)12-6-4-7-13(10-12)21-14-11-16(24)22(18(14)26)15(8-5-9-23)17(25)20-2/h4,6-7,9-11,15,21H,3,5,8H2,1-2H3,(H,20,25). The monoisotopic (exact) mass is 387 g/mol. The van der Waals surface area contributed by atoms with Gasteiger partial charge in [0.15, 0.2) is 0 Å². The SMILES string of the molecule is CCOC(=O)c1cccc(NC2=CC(=O)N(C(CCC=O)C(=O)NC)C2=O)c1. The van der Waals surface area contributed by atoms with E-state index in [1.807, 2.05) is 0 Å². The second-order valence-corrected chi connectivity index (χ2v) is 5.87. The van der Waals surface area contributed by atoms with E-state index in [-0.39, 0.29) is 30.7 Å². The summed E-state index contributed by atoms with van der Waals surface area (Å²) in [5.74, 6) is -2.40. The number of nitrogens with one attached hydrogen (secondary N) is 2. The maximum absolute atomic E-state index is 12.7. The Morgan fingerprint density at radius 1 is 1.29 bits per heavy atom. The predicted molar refractivity (Wildman–Crippen MR) is 99.1 cm³/mol. The average Bonchev–Trinajstić information content (AvgIpc) is 2.96. The quantitative estimate of drug-likeness (QED) is 0.362. The third kappa shape index (κ3) is 4.61. The molecule has 1 aromatic rings. The molecule has 0 saturated carbocycles. The van der Waals surface area contributed by atoms with Crippen molar-refractivity contribution in [3.8, 4) is 0 Å². The first-order valence-corrected chi connectivity index (χ1v) is 8.71. The molecule has 1 aliphatic rings. The summed E-state index contributed by atoms with van der Waals surface area (Å²) in [5, 5.41) is 5.19. The van der Waals surface area contributed by atoms with Crippen LogP contribution >= 0.6 is 0 Å². The number of likely N-dealkylation sites (N-methyl/N-ethyl adjacent to an activating group) is 1. The van der Waals surface area contributed by atoms with Crippen LogP contribution in [0, 0.1) is 0 Å². The Bertz CT molecular complexity index is 833. The van der Waals surface area contributed by atoms with E-state index in [1.54, 1.807) is 25.1 Å². The van der Waals surface area contributed by atoms with Gasteiger partial charge in [-0.15, -0.1) is 0 Å². The van der Waals surface area contributed by atoms with Crippen LogP contribution < -0.4 is 10.6 Å². The van der Waals surface area contributed by atoms with Crippen molar-refractivity contribution in [3.05, 3.63) is 41.6 Å². The molecule has 28 heavy (non-hydrogen) atoms. The Morgan fingerprint density at radius 2 is 2.04 bits per heavy atom. The smallest absolute Gasteiger partial charge is 0.338 e. The van der Waals surface area contributed by atoms with Crippen molar-refractivity contribution in [3.63, 3.8) is 0 Å². The molecule has 1 heterocycles. The number of carbonyl (C=O) groups is 5. The first-order valence-electron chi connectivity index (χ1n) is 8.71. The minimum Gasteiger partial charge on any atom is -0.462 e. The molecule has 0 aromatic heterocycles. The lowest BCUT2D eigenvalue weighted by atomic mass is 10.1. The van der Waals surface area contributed by atoms with Crippen molar-refractivity contribution in [1.29, 1.82) is 0 Å². The molecule has 1 aliphatic heterocycles. The summed E-state index contributed by atoms with van der Waals surface area (Å²) in [6, 6.07) is 5.18. The minimum atomic E-state index is -1.09. The van der Waals surface area contributed by atoms with Gasteiger partial charge in [0.05, 0.1) is 12.2 Å². The van der Waals surface area contributed by atoms with Gasteiger partial charge >= 0.3 is 5.97 Å². The molecule has 0 aliphatic carbocycles. The number of carbonyl (C=O) groups excluding carboxylic acids is 5. The molecule has 3 amide bonds. The van der Waals surface area contributed by atoms with Crippen LogP contribution in [0.5, 0.6) is 0 Å². The molecule has 2 N–H and O–H groups in total. The molecule has 1 atom stereocenters. The normalized spacial score (nSPS) is 14.4. The molecule has 148 valence electrons. The average molecular weight is 387 g/mol. The largest absolute Gasteiger partial charge is 0.462 e. The van der Waals surface area contributed by atoms with Crippen molar-refractivity contribution in [2.24, 2.45) is 0 Å². The lowest BCUT2D eigenvalue weighted by Gasteiger charge is -2.24. The van der Waals surface area contributed by atoms with Crippen LogP contribution in [0.3, 0.4) is 0 Å².